The highest BCUT2D eigenvalue weighted by Gasteiger charge is 2.20. The summed E-state index contributed by atoms with van der Waals surface area (Å²) in [6.07, 6.45) is 4.52. The van der Waals surface area contributed by atoms with Gasteiger partial charge in [0, 0.05) is 17.6 Å². The zero-order valence-corrected chi connectivity index (χ0v) is 27.4. The van der Waals surface area contributed by atoms with Crippen LogP contribution in [0, 0.1) is 0 Å². The first kappa shape index (κ1) is 32.8. The summed E-state index contributed by atoms with van der Waals surface area (Å²) in [5.74, 6) is 0.809. The van der Waals surface area contributed by atoms with Crippen molar-refractivity contribution in [2.24, 2.45) is 0 Å². The Bertz CT molecular complexity index is 1530. The van der Waals surface area contributed by atoms with Crippen molar-refractivity contribution in [3.8, 4) is 17.3 Å². The van der Waals surface area contributed by atoms with E-state index in [4.69, 9.17) is 14.2 Å². The molecule has 2 aromatic carbocycles. The fourth-order valence-corrected chi connectivity index (χ4v) is 6.66. The van der Waals surface area contributed by atoms with Crippen LogP contribution in [0.5, 0.6) is 11.6 Å². The number of thiazole rings is 1. The molecule has 0 bridgehead atoms. The van der Waals surface area contributed by atoms with Crippen molar-refractivity contribution in [1.82, 2.24) is 13.9 Å². The molecule has 4 rings (SSSR count). The highest BCUT2D eigenvalue weighted by atomic mass is 32.2. The summed E-state index contributed by atoms with van der Waals surface area (Å²) >= 11 is 2.81. The third-order valence-corrected chi connectivity index (χ3v) is 9.38. The van der Waals surface area contributed by atoms with Crippen molar-refractivity contribution in [1.29, 1.82) is 0 Å². The second kappa shape index (κ2) is 16.1. The van der Waals surface area contributed by atoms with E-state index in [-0.39, 0.29) is 23.4 Å². The molecule has 12 heteroatoms. The second-order valence-electron chi connectivity index (χ2n) is 9.81. The number of carbonyl (C=O) groups excluding carboxylic acids is 1. The van der Waals surface area contributed by atoms with Gasteiger partial charge >= 0.3 is 11.7 Å². The van der Waals surface area contributed by atoms with E-state index in [0.29, 0.717) is 36.8 Å². The number of esters is 1. The van der Waals surface area contributed by atoms with Crippen LogP contribution in [0.25, 0.3) is 5.69 Å². The van der Waals surface area contributed by atoms with Gasteiger partial charge in [-0.25, -0.2) is 18.9 Å². The molecule has 2 unspecified atom stereocenters. The van der Waals surface area contributed by atoms with E-state index in [1.165, 1.54) is 32.0 Å². The highest BCUT2D eigenvalue weighted by Crippen LogP contribution is 2.30. The lowest BCUT2D eigenvalue weighted by Crippen LogP contribution is -2.20. The minimum absolute atomic E-state index is 0.0900. The zero-order valence-electron chi connectivity index (χ0n) is 24.7. The van der Waals surface area contributed by atoms with Gasteiger partial charge in [0.15, 0.2) is 10.0 Å². The Hall–Kier alpha value is -3.11. The van der Waals surface area contributed by atoms with Crippen LogP contribution in [0.3, 0.4) is 0 Å². The zero-order chi connectivity index (χ0) is 30.8. The van der Waals surface area contributed by atoms with Gasteiger partial charge in [-0.3, -0.25) is 4.57 Å². The standard InChI is InChI=1S/C31H38N3O6PS2/c1-4-6-7-8-27(40-19-21-9-15-24(38-3)16-10-21)22-11-13-23(14-12-22)33-26(28(35)34(41)31(33)37)17-18-42-30-32-25(20-43-30)29(36)39-5-2/h9-16,20,27,35H,4-8,17-19,41H2,1-3H3. The Morgan fingerprint density at radius 3 is 2.53 bits per heavy atom. The number of ether oxygens (including phenoxy) is 3. The number of thioether (sulfide) groups is 1. The number of methoxy groups -OCH3 is 1. The van der Waals surface area contributed by atoms with Crippen molar-refractivity contribution in [3.05, 3.63) is 86.9 Å². The molecule has 9 nitrogen and oxygen atoms in total. The summed E-state index contributed by atoms with van der Waals surface area (Å²) in [5, 5.41) is 12.4. The largest absolute Gasteiger partial charge is 0.497 e. The first-order valence-electron chi connectivity index (χ1n) is 14.3. The fourth-order valence-electron chi connectivity index (χ4n) is 4.58. The second-order valence-corrected chi connectivity index (χ2v) is 12.5. The van der Waals surface area contributed by atoms with Crippen molar-refractivity contribution in [2.75, 3.05) is 19.5 Å². The average Bonchev–Trinajstić information content (AvgIpc) is 3.58. The van der Waals surface area contributed by atoms with E-state index in [2.05, 4.69) is 21.3 Å². The number of aromatic nitrogens is 3. The van der Waals surface area contributed by atoms with E-state index in [0.717, 1.165) is 46.9 Å². The fraction of sp³-hybridized carbons (Fsp3) is 0.387. The molecule has 0 saturated carbocycles. The minimum atomic E-state index is -0.445. The molecule has 4 aromatic rings. The summed E-state index contributed by atoms with van der Waals surface area (Å²) in [5.41, 5.74) is 3.19. The predicted octanol–water partition coefficient (Wildman–Crippen LogP) is 6.80. The van der Waals surface area contributed by atoms with Gasteiger partial charge in [0.1, 0.15) is 5.75 Å². The maximum absolute atomic E-state index is 13.1. The molecule has 0 fully saturated rings. The molecule has 0 aliphatic carbocycles. The molecule has 1 N–H and O–H groups in total. The van der Waals surface area contributed by atoms with Gasteiger partial charge in [-0.15, -0.1) is 11.3 Å². The number of hydrogen-bond donors (Lipinski definition) is 1. The molecule has 0 aliphatic rings. The molecule has 0 radical (unpaired) electrons. The molecule has 0 amide bonds. The lowest BCUT2D eigenvalue weighted by atomic mass is 10.0. The first-order chi connectivity index (χ1) is 20.9. The number of unbranched alkanes of at least 4 members (excludes halogenated alkanes) is 2. The van der Waals surface area contributed by atoms with Crippen molar-refractivity contribution in [2.45, 2.75) is 63.0 Å². The SMILES string of the molecule is CCCCCC(OCc1ccc(OC)cc1)c1ccc(-n2c(CCSc3nc(C(=O)OCC)cs3)c(O)n(P)c2=O)cc1. The van der Waals surface area contributed by atoms with Gasteiger partial charge < -0.3 is 19.3 Å². The Balaban J connectivity index is 1.48. The summed E-state index contributed by atoms with van der Waals surface area (Å²) in [7, 11) is 3.93. The van der Waals surface area contributed by atoms with Crippen LogP contribution in [0.15, 0.2) is 63.0 Å². The van der Waals surface area contributed by atoms with E-state index in [9.17, 15) is 14.7 Å². The number of hydrogen-bond acceptors (Lipinski definition) is 9. The van der Waals surface area contributed by atoms with E-state index in [1.807, 2.05) is 48.5 Å². The van der Waals surface area contributed by atoms with Crippen molar-refractivity contribution >= 4 is 38.5 Å². The maximum Gasteiger partial charge on any atom is 0.357 e. The van der Waals surface area contributed by atoms with Crippen LogP contribution in [0.4, 0.5) is 0 Å². The summed E-state index contributed by atoms with van der Waals surface area (Å²) in [6, 6.07) is 15.7. The molecule has 0 saturated heterocycles. The minimum Gasteiger partial charge on any atom is -0.497 e. The van der Waals surface area contributed by atoms with E-state index >= 15 is 0 Å². The molecule has 43 heavy (non-hydrogen) atoms. The molecule has 2 atom stereocenters. The third-order valence-electron chi connectivity index (χ3n) is 6.89. The quantitative estimate of drug-likeness (QED) is 0.0616. The van der Waals surface area contributed by atoms with Crippen LogP contribution in [-0.4, -0.2) is 44.4 Å². The van der Waals surface area contributed by atoms with Gasteiger partial charge in [-0.05, 0) is 58.1 Å². The maximum atomic E-state index is 13.1. The van der Waals surface area contributed by atoms with Crippen LogP contribution in [-0.2, 0) is 22.5 Å². The molecule has 0 spiro atoms. The Morgan fingerprint density at radius 2 is 1.86 bits per heavy atom. The van der Waals surface area contributed by atoms with Gasteiger partial charge in [0.2, 0.25) is 5.88 Å². The van der Waals surface area contributed by atoms with Crippen LogP contribution < -0.4 is 10.4 Å². The van der Waals surface area contributed by atoms with Gasteiger partial charge in [0.25, 0.3) is 0 Å². The van der Waals surface area contributed by atoms with E-state index in [1.54, 1.807) is 19.4 Å². The van der Waals surface area contributed by atoms with Crippen molar-refractivity contribution < 1.29 is 24.1 Å². The Labute approximate surface area is 262 Å². The molecule has 230 valence electrons. The lowest BCUT2D eigenvalue weighted by molar-refractivity contribution is 0.0322. The monoisotopic (exact) mass is 643 g/mol. The molecule has 0 aliphatic heterocycles. The van der Waals surface area contributed by atoms with Gasteiger partial charge in [-0.2, -0.15) is 0 Å². The molecular weight excluding hydrogens is 605 g/mol. The number of nitrogens with zero attached hydrogens (tertiary/aromatic N) is 3. The Morgan fingerprint density at radius 1 is 1.12 bits per heavy atom. The summed E-state index contributed by atoms with van der Waals surface area (Å²) < 4.78 is 20.1. The molecule has 2 aromatic heterocycles. The first-order valence-corrected chi connectivity index (χ1v) is 16.6. The third kappa shape index (κ3) is 8.50. The van der Waals surface area contributed by atoms with Crippen LogP contribution >= 0.6 is 32.5 Å². The van der Waals surface area contributed by atoms with Crippen LogP contribution in [0.1, 0.15) is 72.9 Å². The summed E-state index contributed by atoms with van der Waals surface area (Å²) in [4.78, 5) is 29.4. The van der Waals surface area contributed by atoms with Gasteiger partial charge in [0.05, 0.1) is 37.8 Å². The van der Waals surface area contributed by atoms with Crippen LogP contribution in [0.2, 0.25) is 0 Å². The molecular formula is C31H38N3O6PS2. The summed E-state index contributed by atoms with van der Waals surface area (Å²) in [6.45, 7) is 4.70. The van der Waals surface area contributed by atoms with E-state index < -0.39 is 5.97 Å². The van der Waals surface area contributed by atoms with Crippen molar-refractivity contribution in [3.63, 3.8) is 0 Å². The smallest absolute Gasteiger partial charge is 0.357 e. The normalized spacial score (nSPS) is 11.9. The lowest BCUT2D eigenvalue weighted by Gasteiger charge is -2.19. The number of benzene rings is 2. The van der Waals surface area contributed by atoms with Gasteiger partial charge in [-0.1, -0.05) is 62.2 Å². The highest BCUT2D eigenvalue weighted by molar-refractivity contribution is 8.01. The number of carbonyl (C=O) groups is 1. The number of imidazole rings is 1. The number of aromatic hydroxyl groups is 1. The average molecular weight is 644 g/mol. The number of rotatable bonds is 16. The predicted molar refractivity (Wildman–Crippen MR) is 174 cm³/mol. The molecule has 2 heterocycles. The topological polar surface area (TPSA) is 105 Å². The Kier molecular flexibility index (Phi) is 12.3.